The number of hydrogen-bond donors (Lipinski definition) is 2. The molecule has 1 aliphatic heterocycles. The van der Waals surface area contributed by atoms with E-state index >= 15 is 0 Å². The summed E-state index contributed by atoms with van der Waals surface area (Å²) in [7, 11) is -3.66. The minimum atomic E-state index is -3.66. The lowest BCUT2D eigenvalue weighted by atomic mass is 10.0. The number of nitrogens with one attached hydrogen (secondary N) is 1. The average Bonchev–Trinajstić information content (AvgIpc) is 2.85. The summed E-state index contributed by atoms with van der Waals surface area (Å²) in [5.74, 6) is 0.232. The van der Waals surface area contributed by atoms with Gasteiger partial charge in [0.15, 0.2) is 0 Å². The summed E-state index contributed by atoms with van der Waals surface area (Å²) in [6.07, 6.45) is 4.33. The van der Waals surface area contributed by atoms with Gasteiger partial charge in [0.1, 0.15) is 6.07 Å². The Morgan fingerprint density at radius 2 is 2.04 bits per heavy atom. The largest absolute Gasteiger partial charge is 0.370 e. The first kappa shape index (κ1) is 19.5. The number of aromatic nitrogens is 1. The van der Waals surface area contributed by atoms with Gasteiger partial charge in [-0.2, -0.15) is 13.7 Å². The zero-order chi connectivity index (χ0) is 19.6. The Hall–Kier alpha value is -2.21. The smallest absolute Gasteiger partial charge is 0.274 e. The van der Waals surface area contributed by atoms with Crippen LogP contribution in [0.1, 0.15) is 36.0 Å². The second-order valence-electron chi connectivity index (χ2n) is 7.26. The highest BCUT2D eigenvalue weighted by Crippen LogP contribution is 2.33. The molecule has 0 radical (unpaired) electrons. The molecule has 1 aromatic carbocycles. The first-order valence-electron chi connectivity index (χ1n) is 9.11. The topological polar surface area (TPSA) is 112 Å². The SMILES string of the molecule is Cc1cc2ncc(C#N)c(N3CCC[C@@H](CNS(N)(=O)=O)CC3)c2cc1C. The van der Waals surface area contributed by atoms with Crippen LogP contribution in [0.2, 0.25) is 0 Å². The third-order valence-electron chi connectivity index (χ3n) is 5.31. The minimum absolute atomic E-state index is 0.232. The number of pyridine rings is 1. The standard InChI is InChI=1S/C19H25N5O2S/c1-13-8-17-18(9-14(13)2)22-12-16(10-20)19(17)24-6-3-4-15(5-7-24)11-23-27(21,25)26/h8-9,12,15,23H,3-7,11H2,1-2H3,(H2,21,25,26)/t15-/m1/s1. The minimum Gasteiger partial charge on any atom is -0.370 e. The second kappa shape index (κ2) is 7.80. The summed E-state index contributed by atoms with van der Waals surface area (Å²) in [6, 6.07) is 6.45. The Morgan fingerprint density at radius 3 is 2.74 bits per heavy atom. The maximum Gasteiger partial charge on any atom is 0.274 e. The molecule has 0 aliphatic carbocycles. The van der Waals surface area contributed by atoms with Crippen LogP contribution in [0.15, 0.2) is 18.3 Å². The first-order valence-corrected chi connectivity index (χ1v) is 10.7. The van der Waals surface area contributed by atoms with Crippen LogP contribution in [0.25, 0.3) is 10.9 Å². The van der Waals surface area contributed by atoms with Crippen molar-refractivity contribution in [3.63, 3.8) is 0 Å². The predicted molar refractivity (Wildman–Crippen MR) is 107 cm³/mol. The van der Waals surface area contributed by atoms with E-state index in [0.29, 0.717) is 12.1 Å². The summed E-state index contributed by atoms with van der Waals surface area (Å²) in [5.41, 5.74) is 4.75. The Balaban J connectivity index is 1.90. The maximum atomic E-state index is 11.1. The van der Waals surface area contributed by atoms with Crippen molar-refractivity contribution in [2.24, 2.45) is 11.1 Å². The fourth-order valence-corrected chi connectivity index (χ4v) is 4.16. The zero-order valence-corrected chi connectivity index (χ0v) is 16.5. The fourth-order valence-electron chi connectivity index (χ4n) is 3.69. The Kier molecular flexibility index (Phi) is 5.65. The molecule has 1 aliphatic rings. The molecule has 0 amide bonds. The van der Waals surface area contributed by atoms with Gasteiger partial charge in [-0.05, 0) is 62.3 Å². The molecule has 0 saturated carbocycles. The zero-order valence-electron chi connectivity index (χ0n) is 15.7. The van der Waals surface area contributed by atoms with E-state index in [0.717, 1.165) is 48.9 Å². The molecule has 2 heterocycles. The molecule has 1 atom stereocenters. The van der Waals surface area contributed by atoms with Gasteiger partial charge in [-0.3, -0.25) is 4.98 Å². The quantitative estimate of drug-likeness (QED) is 0.834. The van der Waals surface area contributed by atoms with Crippen molar-refractivity contribution in [1.82, 2.24) is 9.71 Å². The molecule has 3 rings (SSSR count). The first-order chi connectivity index (χ1) is 12.8. The predicted octanol–water partition coefficient (Wildman–Crippen LogP) is 2.12. The average molecular weight is 388 g/mol. The van der Waals surface area contributed by atoms with E-state index in [4.69, 9.17) is 5.14 Å². The van der Waals surface area contributed by atoms with Crippen molar-refractivity contribution >= 4 is 26.8 Å². The number of nitrogens with zero attached hydrogens (tertiary/aromatic N) is 3. The molecule has 3 N–H and O–H groups in total. The number of nitriles is 1. The number of rotatable bonds is 4. The Bertz CT molecular complexity index is 997. The maximum absolute atomic E-state index is 11.1. The fraction of sp³-hybridized carbons (Fsp3) is 0.474. The van der Waals surface area contributed by atoms with E-state index in [1.165, 1.54) is 11.1 Å². The number of benzene rings is 1. The molecular weight excluding hydrogens is 362 g/mol. The van der Waals surface area contributed by atoms with Gasteiger partial charge in [0.2, 0.25) is 0 Å². The monoisotopic (exact) mass is 387 g/mol. The van der Waals surface area contributed by atoms with Crippen LogP contribution >= 0.6 is 0 Å². The van der Waals surface area contributed by atoms with Gasteiger partial charge in [0.05, 0.1) is 16.8 Å². The van der Waals surface area contributed by atoms with Crippen molar-refractivity contribution in [2.75, 3.05) is 24.5 Å². The normalized spacial score (nSPS) is 18.3. The van der Waals surface area contributed by atoms with Crippen molar-refractivity contribution in [1.29, 1.82) is 5.26 Å². The van der Waals surface area contributed by atoms with Gasteiger partial charge in [-0.1, -0.05) is 0 Å². The molecule has 0 spiro atoms. The van der Waals surface area contributed by atoms with E-state index in [2.05, 4.69) is 46.7 Å². The van der Waals surface area contributed by atoms with E-state index in [1.54, 1.807) is 6.20 Å². The second-order valence-corrected chi connectivity index (χ2v) is 8.64. The van der Waals surface area contributed by atoms with Crippen molar-refractivity contribution in [3.8, 4) is 6.07 Å². The lowest BCUT2D eigenvalue weighted by Crippen LogP contribution is -2.35. The van der Waals surface area contributed by atoms with E-state index in [1.807, 2.05) is 0 Å². The Labute approximate surface area is 160 Å². The van der Waals surface area contributed by atoms with E-state index in [-0.39, 0.29) is 5.92 Å². The van der Waals surface area contributed by atoms with Gasteiger partial charge < -0.3 is 4.90 Å². The van der Waals surface area contributed by atoms with Crippen LogP contribution in [0, 0.1) is 31.1 Å². The van der Waals surface area contributed by atoms with Gasteiger partial charge in [-0.15, -0.1) is 0 Å². The molecule has 7 nitrogen and oxygen atoms in total. The van der Waals surface area contributed by atoms with Crippen LogP contribution in [-0.4, -0.2) is 33.0 Å². The molecule has 1 saturated heterocycles. The lowest BCUT2D eigenvalue weighted by Gasteiger charge is -2.26. The van der Waals surface area contributed by atoms with Crippen LogP contribution < -0.4 is 14.8 Å². The lowest BCUT2D eigenvalue weighted by molar-refractivity contribution is 0.463. The van der Waals surface area contributed by atoms with Gasteiger partial charge in [-0.25, -0.2) is 9.86 Å². The van der Waals surface area contributed by atoms with Crippen molar-refractivity contribution in [2.45, 2.75) is 33.1 Å². The van der Waals surface area contributed by atoms with Crippen LogP contribution in [0.4, 0.5) is 5.69 Å². The number of anilines is 1. The molecule has 2 aromatic rings. The summed E-state index contributed by atoms with van der Waals surface area (Å²) < 4.78 is 24.7. The van der Waals surface area contributed by atoms with Gasteiger partial charge in [0, 0.05) is 31.2 Å². The third-order valence-corrected chi connectivity index (χ3v) is 5.88. The number of hydrogen-bond acceptors (Lipinski definition) is 5. The molecular formula is C19H25N5O2S. The highest BCUT2D eigenvalue weighted by atomic mass is 32.2. The molecule has 1 aromatic heterocycles. The Morgan fingerprint density at radius 1 is 1.30 bits per heavy atom. The van der Waals surface area contributed by atoms with Crippen molar-refractivity contribution < 1.29 is 8.42 Å². The van der Waals surface area contributed by atoms with Gasteiger partial charge >= 0.3 is 0 Å². The third kappa shape index (κ3) is 4.56. The summed E-state index contributed by atoms with van der Waals surface area (Å²) in [6.45, 7) is 6.07. The molecule has 1 fully saturated rings. The number of fused-ring (bicyclic) bond motifs is 1. The molecule has 27 heavy (non-hydrogen) atoms. The molecule has 144 valence electrons. The van der Waals surface area contributed by atoms with Crippen LogP contribution in [0.3, 0.4) is 0 Å². The van der Waals surface area contributed by atoms with Crippen LogP contribution in [-0.2, 0) is 10.2 Å². The molecule has 0 bridgehead atoms. The summed E-state index contributed by atoms with van der Waals surface area (Å²) in [5, 5.41) is 15.7. The van der Waals surface area contributed by atoms with E-state index in [9.17, 15) is 13.7 Å². The highest BCUT2D eigenvalue weighted by Gasteiger charge is 2.22. The van der Waals surface area contributed by atoms with Crippen molar-refractivity contribution in [3.05, 3.63) is 35.0 Å². The van der Waals surface area contributed by atoms with E-state index < -0.39 is 10.2 Å². The molecule has 0 unspecified atom stereocenters. The molecule has 8 heteroatoms. The highest BCUT2D eigenvalue weighted by molar-refractivity contribution is 7.87. The summed E-state index contributed by atoms with van der Waals surface area (Å²) >= 11 is 0. The summed E-state index contributed by atoms with van der Waals surface area (Å²) in [4.78, 5) is 6.71. The number of nitrogens with two attached hydrogens (primary N) is 1. The van der Waals surface area contributed by atoms with Crippen LogP contribution in [0.5, 0.6) is 0 Å². The van der Waals surface area contributed by atoms with Gasteiger partial charge in [0.25, 0.3) is 10.2 Å². The number of aryl methyl sites for hydroxylation is 2.